The second-order valence-corrected chi connectivity index (χ2v) is 5.33. The number of rotatable bonds is 5. The number of hydrogen-bond donors (Lipinski definition) is 2. The number of amides is 1. The molecule has 2 N–H and O–H groups in total. The highest BCUT2D eigenvalue weighted by Crippen LogP contribution is 2.17. The summed E-state index contributed by atoms with van der Waals surface area (Å²) >= 11 is 0. The number of sulfonamides is 1. The largest absolute Gasteiger partial charge is 0.475 e. The fraction of sp³-hybridized carbons (Fsp3) is 0.333. The van der Waals surface area contributed by atoms with Crippen molar-refractivity contribution in [2.45, 2.75) is 5.09 Å². The first-order valence-corrected chi connectivity index (χ1v) is 6.23. The van der Waals surface area contributed by atoms with E-state index in [1.165, 1.54) is 14.1 Å². The number of furan rings is 1. The number of nitrogens with one attached hydrogen (secondary N) is 1. The van der Waals surface area contributed by atoms with Crippen molar-refractivity contribution in [3.05, 3.63) is 17.9 Å². The molecule has 1 aromatic rings. The molecule has 0 radical (unpaired) electrons. The molecule has 0 fully saturated rings. The Morgan fingerprint density at radius 2 is 2.06 bits per heavy atom. The Hall–Kier alpha value is -1.87. The molecule has 0 aliphatic heterocycles. The van der Waals surface area contributed by atoms with E-state index in [4.69, 9.17) is 5.11 Å². The van der Waals surface area contributed by atoms with Gasteiger partial charge >= 0.3 is 5.97 Å². The highest BCUT2D eigenvalue weighted by molar-refractivity contribution is 7.89. The number of likely N-dealkylation sites (N-methyl/N-ethyl adjacent to an activating group) is 2. The molecule has 9 heteroatoms. The Morgan fingerprint density at radius 3 is 2.50 bits per heavy atom. The van der Waals surface area contributed by atoms with Gasteiger partial charge in [-0.15, -0.1) is 0 Å². The zero-order valence-corrected chi connectivity index (χ0v) is 10.5. The summed E-state index contributed by atoms with van der Waals surface area (Å²) in [5.74, 6) is -2.35. The maximum Gasteiger partial charge on any atom is 0.371 e. The van der Waals surface area contributed by atoms with E-state index in [0.717, 1.165) is 16.4 Å². The summed E-state index contributed by atoms with van der Waals surface area (Å²) in [5, 5.41) is 10.4. The Kier molecular flexibility index (Phi) is 4.09. The third-order valence-corrected chi connectivity index (χ3v) is 3.78. The van der Waals surface area contributed by atoms with Crippen molar-refractivity contribution in [2.75, 3.05) is 20.6 Å². The molecule has 1 rings (SSSR count). The molecule has 0 unspecified atom stereocenters. The van der Waals surface area contributed by atoms with Gasteiger partial charge in [0, 0.05) is 14.1 Å². The van der Waals surface area contributed by atoms with Crippen molar-refractivity contribution >= 4 is 21.9 Å². The van der Waals surface area contributed by atoms with Crippen LogP contribution in [0.4, 0.5) is 0 Å². The first-order valence-electron chi connectivity index (χ1n) is 4.79. The number of carboxylic acid groups (broad SMARTS) is 1. The average Bonchev–Trinajstić information content (AvgIpc) is 2.78. The number of hydrogen-bond acceptors (Lipinski definition) is 5. The van der Waals surface area contributed by atoms with Crippen LogP contribution in [-0.4, -0.2) is 50.3 Å². The molecule has 8 nitrogen and oxygen atoms in total. The topological polar surface area (TPSA) is 117 Å². The van der Waals surface area contributed by atoms with Gasteiger partial charge in [-0.25, -0.2) is 13.2 Å². The quantitative estimate of drug-likeness (QED) is 0.737. The van der Waals surface area contributed by atoms with Crippen molar-refractivity contribution in [1.82, 2.24) is 9.62 Å². The lowest BCUT2D eigenvalue weighted by atomic mass is 10.5. The van der Waals surface area contributed by atoms with Crippen LogP contribution in [0.5, 0.6) is 0 Å². The minimum atomic E-state index is -4.01. The third-order valence-electron chi connectivity index (χ3n) is 2.10. The van der Waals surface area contributed by atoms with Gasteiger partial charge in [-0.3, -0.25) is 4.79 Å². The van der Waals surface area contributed by atoms with Crippen LogP contribution in [0.3, 0.4) is 0 Å². The van der Waals surface area contributed by atoms with Crippen molar-refractivity contribution in [3.63, 3.8) is 0 Å². The van der Waals surface area contributed by atoms with Gasteiger partial charge in [0.25, 0.3) is 10.0 Å². The lowest BCUT2D eigenvalue weighted by Gasteiger charge is -2.13. The summed E-state index contributed by atoms with van der Waals surface area (Å²) in [6.45, 7) is -0.387. The van der Waals surface area contributed by atoms with E-state index in [1.54, 1.807) is 0 Å². The van der Waals surface area contributed by atoms with E-state index in [2.05, 4.69) is 9.73 Å². The number of nitrogens with zero attached hydrogens (tertiary/aromatic N) is 1. The molecule has 0 aromatic carbocycles. The maximum absolute atomic E-state index is 11.9. The Bertz CT molecular complexity index is 561. The highest BCUT2D eigenvalue weighted by atomic mass is 32.2. The molecule has 0 saturated carbocycles. The third kappa shape index (κ3) is 2.87. The van der Waals surface area contributed by atoms with Crippen LogP contribution in [0, 0.1) is 0 Å². The summed E-state index contributed by atoms with van der Waals surface area (Å²) in [4.78, 5) is 21.6. The molecule has 1 heterocycles. The van der Waals surface area contributed by atoms with E-state index in [1.807, 2.05) is 0 Å². The minimum absolute atomic E-state index is 0.387. The molecule has 0 aliphatic carbocycles. The first-order chi connectivity index (χ1) is 8.28. The monoisotopic (exact) mass is 276 g/mol. The maximum atomic E-state index is 11.9. The molecule has 1 aromatic heterocycles. The van der Waals surface area contributed by atoms with Crippen molar-refractivity contribution in [1.29, 1.82) is 0 Å². The van der Waals surface area contributed by atoms with Crippen molar-refractivity contribution in [2.24, 2.45) is 0 Å². The van der Waals surface area contributed by atoms with Crippen molar-refractivity contribution < 1.29 is 27.5 Å². The average molecular weight is 276 g/mol. The normalized spacial score (nSPS) is 11.5. The van der Waals surface area contributed by atoms with E-state index in [-0.39, 0.29) is 6.54 Å². The number of carbonyl (C=O) groups is 2. The van der Waals surface area contributed by atoms with Gasteiger partial charge in [0.2, 0.25) is 16.8 Å². The zero-order valence-electron chi connectivity index (χ0n) is 9.71. The van der Waals surface area contributed by atoms with Crippen LogP contribution in [0.1, 0.15) is 10.6 Å². The molecule has 0 bridgehead atoms. The van der Waals surface area contributed by atoms with E-state index in [0.29, 0.717) is 0 Å². The van der Waals surface area contributed by atoms with Crippen LogP contribution in [0.2, 0.25) is 0 Å². The summed E-state index contributed by atoms with van der Waals surface area (Å²) < 4.78 is 29.2. The van der Waals surface area contributed by atoms with Gasteiger partial charge < -0.3 is 14.8 Å². The number of carboxylic acids is 1. The number of aromatic carboxylic acids is 1. The molecule has 0 saturated heterocycles. The van der Waals surface area contributed by atoms with Gasteiger partial charge in [-0.1, -0.05) is 0 Å². The minimum Gasteiger partial charge on any atom is -0.475 e. The highest BCUT2D eigenvalue weighted by Gasteiger charge is 2.27. The standard InChI is InChI=1S/C9H12N2O6S/c1-10-7(12)5-11(2)18(15,16)8-4-3-6(17-8)9(13)14/h3-4H,5H2,1-2H3,(H,10,12)(H,13,14). The lowest BCUT2D eigenvalue weighted by molar-refractivity contribution is -0.120. The van der Waals surface area contributed by atoms with Crippen molar-refractivity contribution in [3.8, 4) is 0 Å². The molecular formula is C9H12N2O6S. The molecule has 0 spiro atoms. The molecule has 0 atom stereocenters. The Morgan fingerprint density at radius 1 is 1.44 bits per heavy atom. The van der Waals surface area contributed by atoms with Gasteiger partial charge in [-0.05, 0) is 12.1 Å². The molecule has 0 aliphatic rings. The zero-order chi connectivity index (χ0) is 13.9. The second-order valence-electron chi connectivity index (χ2n) is 3.36. The van der Waals surface area contributed by atoms with Gasteiger partial charge in [0.1, 0.15) is 0 Å². The predicted octanol–water partition coefficient (Wildman–Crippen LogP) is -0.656. The molecular weight excluding hydrogens is 264 g/mol. The van der Waals surface area contributed by atoms with E-state index >= 15 is 0 Å². The SMILES string of the molecule is CNC(=O)CN(C)S(=O)(=O)c1ccc(C(=O)O)o1. The second kappa shape index (κ2) is 5.19. The molecule has 18 heavy (non-hydrogen) atoms. The summed E-state index contributed by atoms with van der Waals surface area (Å²) in [7, 11) is -1.45. The van der Waals surface area contributed by atoms with Crippen LogP contribution < -0.4 is 5.32 Å². The number of carbonyl (C=O) groups excluding carboxylic acids is 1. The lowest BCUT2D eigenvalue weighted by Crippen LogP contribution is -2.36. The van der Waals surface area contributed by atoms with E-state index < -0.39 is 32.8 Å². The predicted molar refractivity (Wildman–Crippen MR) is 59.5 cm³/mol. The fourth-order valence-electron chi connectivity index (χ4n) is 1.09. The fourth-order valence-corrected chi connectivity index (χ4v) is 2.12. The van der Waals surface area contributed by atoms with Crippen LogP contribution in [0.25, 0.3) is 0 Å². The van der Waals surface area contributed by atoms with Gasteiger partial charge in [-0.2, -0.15) is 4.31 Å². The summed E-state index contributed by atoms with van der Waals surface area (Å²) in [5.41, 5.74) is 0. The summed E-state index contributed by atoms with van der Waals surface area (Å²) in [6.07, 6.45) is 0. The first kappa shape index (κ1) is 14.2. The Labute approximate surface area is 103 Å². The Balaban J connectivity index is 2.98. The smallest absolute Gasteiger partial charge is 0.371 e. The van der Waals surface area contributed by atoms with Crippen LogP contribution >= 0.6 is 0 Å². The molecule has 1 amide bonds. The van der Waals surface area contributed by atoms with Gasteiger partial charge in [0.05, 0.1) is 6.54 Å². The van der Waals surface area contributed by atoms with Crippen LogP contribution in [0.15, 0.2) is 21.6 Å². The molecule has 100 valence electrons. The van der Waals surface area contributed by atoms with E-state index in [9.17, 15) is 18.0 Å². The summed E-state index contributed by atoms with van der Waals surface area (Å²) in [6, 6.07) is 2.06. The van der Waals surface area contributed by atoms with Crippen LogP contribution in [-0.2, 0) is 14.8 Å². The van der Waals surface area contributed by atoms with Gasteiger partial charge in [0.15, 0.2) is 0 Å².